The summed E-state index contributed by atoms with van der Waals surface area (Å²) in [5.74, 6) is -0.364. The maximum atomic E-state index is 13.1. The van der Waals surface area contributed by atoms with Gasteiger partial charge in [0, 0.05) is 6.07 Å². The highest BCUT2D eigenvalue weighted by Crippen LogP contribution is 2.41. The van der Waals surface area contributed by atoms with Gasteiger partial charge >= 0.3 is 0 Å². The van der Waals surface area contributed by atoms with Gasteiger partial charge in [0.1, 0.15) is 11.5 Å². The van der Waals surface area contributed by atoms with Gasteiger partial charge in [-0.1, -0.05) is 25.0 Å². The number of nitrogens with one attached hydrogen (secondary N) is 1. The number of anilines is 2. The largest absolute Gasteiger partial charge is 0.497 e. The molecule has 2 aliphatic rings. The molecule has 1 aliphatic carbocycles. The Kier molecular flexibility index (Phi) is 5.44. The molecule has 1 aliphatic heterocycles. The number of carbonyl (C=O) groups is 3. The van der Waals surface area contributed by atoms with Gasteiger partial charge in [-0.15, -0.1) is 0 Å². The van der Waals surface area contributed by atoms with Crippen molar-refractivity contribution in [2.75, 3.05) is 24.4 Å². The van der Waals surface area contributed by atoms with E-state index in [1.54, 1.807) is 42.5 Å². The highest BCUT2D eigenvalue weighted by Gasteiger charge is 2.49. The number of hydrogen-bond donors (Lipinski definition) is 1. The first-order valence-electron chi connectivity index (χ1n) is 10.1. The monoisotopic (exact) mass is 408 g/mol. The molecule has 0 unspecified atom stereocenters. The first kappa shape index (κ1) is 19.9. The van der Waals surface area contributed by atoms with E-state index in [2.05, 4.69) is 5.32 Å². The highest BCUT2D eigenvalue weighted by atomic mass is 16.5. The quantitative estimate of drug-likeness (QED) is 0.764. The van der Waals surface area contributed by atoms with Crippen molar-refractivity contribution < 1.29 is 23.9 Å². The van der Waals surface area contributed by atoms with Crippen LogP contribution in [0.15, 0.2) is 42.5 Å². The fraction of sp³-hybridized carbons (Fsp3) is 0.348. The molecule has 2 fully saturated rings. The van der Waals surface area contributed by atoms with E-state index < -0.39 is 5.91 Å². The Morgan fingerprint density at radius 1 is 0.967 bits per heavy atom. The number of benzene rings is 2. The van der Waals surface area contributed by atoms with Gasteiger partial charge in [-0.25, -0.2) is 4.90 Å². The van der Waals surface area contributed by atoms with Crippen LogP contribution in [-0.4, -0.2) is 31.9 Å². The van der Waals surface area contributed by atoms with Crippen LogP contribution in [0.25, 0.3) is 0 Å². The third kappa shape index (κ3) is 3.40. The third-order valence-electron chi connectivity index (χ3n) is 5.89. The Balaban J connectivity index is 1.67. The molecule has 0 aromatic heterocycles. The lowest BCUT2D eigenvalue weighted by molar-refractivity contribution is -0.122. The molecule has 7 heteroatoms. The summed E-state index contributed by atoms with van der Waals surface area (Å²) in [7, 11) is 3.04. The van der Waals surface area contributed by atoms with Gasteiger partial charge in [0.05, 0.1) is 43.0 Å². The van der Waals surface area contributed by atoms with Crippen molar-refractivity contribution in [2.45, 2.75) is 25.7 Å². The standard InChI is InChI=1S/C23H24N2O5/c1-29-14-11-12-20(30-2)18(13-14)24-21(26)17-9-5-6-10-19(17)25-22(27)15-7-3-4-8-16(15)23(25)28/h5-6,9-13,15-16H,3-4,7-8H2,1-2H3,(H,24,26)/t15-,16-/m0/s1. The lowest BCUT2D eigenvalue weighted by Gasteiger charge is -2.19. The number of carbonyl (C=O) groups excluding carboxylic acids is 3. The molecule has 156 valence electrons. The third-order valence-corrected chi connectivity index (χ3v) is 5.89. The molecule has 4 rings (SSSR count). The first-order chi connectivity index (χ1) is 14.5. The lowest BCUT2D eigenvalue weighted by atomic mass is 9.81. The SMILES string of the molecule is COc1ccc(OC)c(NC(=O)c2ccccc2N2C(=O)[C@H]3CCCC[C@@H]3C2=O)c1. The van der Waals surface area contributed by atoms with Crippen molar-refractivity contribution in [2.24, 2.45) is 11.8 Å². The first-order valence-corrected chi connectivity index (χ1v) is 10.1. The molecule has 7 nitrogen and oxygen atoms in total. The average molecular weight is 408 g/mol. The summed E-state index contributed by atoms with van der Waals surface area (Å²) in [6, 6.07) is 11.8. The molecule has 0 spiro atoms. The molecule has 2 aromatic rings. The zero-order valence-corrected chi connectivity index (χ0v) is 17.0. The second-order valence-electron chi connectivity index (χ2n) is 7.55. The van der Waals surface area contributed by atoms with Crippen LogP contribution in [0.3, 0.4) is 0 Å². The van der Waals surface area contributed by atoms with E-state index in [1.807, 2.05) is 0 Å². The number of rotatable bonds is 5. The second kappa shape index (κ2) is 8.18. The van der Waals surface area contributed by atoms with Crippen molar-refractivity contribution in [3.63, 3.8) is 0 Å². The number of methoxy groups -OCH3 is 2. The minimum absolute atomic E-state index is 0.205. The number of ether oxygens (including phenoxy) is 2. The fourth-order valence-electron chi connectivity index (χ4n) is 4.36. The maximum Gasteiger partial charge on any atom is 0.257 e. The number of amides is 3. The molecule has 1 saturated carbocycles. The Morgan fingerprint density at radius 3 is 2.27 bits per heavy atom. The summed E-state index contributed by atoms with van der Waals surface area (Å²) in [5, 5.41) is 2.82. The van der Waals surface area contributed by atoms with Gasteiger partial charge in [0.2, 0.25) is 11.8 Å². The predicted octanol–water partition coefficient (Wildman–Crippen LogP) is 3.64. The Hall–Kier alpha value is -3.35. The number of imide groups is 1. The molecular weight excluding hydrogens is 384 g/mol. The number of fused-ring (bicyclic) bond motifs is 1. The van der Waals surface area contributed by atoms with Gasteiger partial charge in [-0.2, -0.15) is 0 Å². The van der Waals surface area contributed by atoms with Crippen LogP contribution < -0.4 is 19.7 Å². The maximum absolute atomic E-state index is 13.1. The van der Waals surface area contributed by atoms with Crippen molar-refractivity contribution in [1.82, 2.24) is 0 Å². The summed E-state index contributed by atoms with van der Waals surface area (Å²) in [6.45, 7) is 0. The fourth-order valence-corrected chi connectivity index (χ4v) is 4.36. The van der Waals surface area contributed by atoms with Gasteiger partial charge in [0.15, 0.2) is 0 Å². The lowest BCUT2D eigenvalue weighted by Crippen LogP contribution is -2.32. The molecular formula is C23H24N2O5. The van der Waals surface area contributed by atoms with Crippen LogP contribution in [0, 0.1) is 11.8 Å². The summed E-state index contributed by atoms with van der Waals surface area (Å²) in [6.07, 6.45) is 3.35. The number of nitrogens with zero attached hydrogens (tertiary/aromatic N) is 1. The van der Waals surface area contributed by atoms with Crippen LogP contribution in [0.1, 0.15) is 36.0 Å². The predicted molar refractivity (Wildman–Crippen MR) is 112 cm³/mol. The van der Waals surface area contributed by atoms with E-state index in [1.165, 1.54) is 19.1 Å². The Bertz CT molecular complexity index is 979. The summed E-state index contributed by atoms with van der Waals surface area (Å²) >= 11 is 0. The van der Waals surface area contributed by atoms with E-state index in [-0.39, 0.29) is 29.2 Å². The minimum atomic E-state index is -0.437. The molecule has 3 amide bonds. The minimum Gasteiger partial charge on any atom is -0.497 e. The molecule has 2 atom stereocenters. The number of para-hydroxylation sites is 1. The zero-order chi connectivity index (χ0) is 21.3. The zero-order valence-electron chi connectivity index (χ0n) is 17.0. The molecule has 30 heavy (non-hydrogen) atoms. The molecule has 1 N–H and O–H groups in total. The second-order valence-corrected chi connectivity index (χ2v) is 7.55. The van der Waals surface area contributed by atoms with E-state index in [9.17, 15) is 14.4 Å². The van der Waals surface area contributed by atoms with Crippen LogP contribution in [0.2, 0.25) is 0 Å². The average Bonchev–Trinajstić information content (AvgIpc) is 3.04. The Morgan fingerprint density at radius 2 is 1.63 bits per heavy atom. The van der Waals surface area contributed by atoms with E-state index >= 15 is 0 Å². The smallest absolute Gasteiger partial charge is 0.257 e. The topological polar surface area (TPSA) is 84.9 Å². The summed E-state index contributed by atoms with van der Waals surface area (Å²) in [5.41, 5.74) is 1.01. The van der Waals surface area contributed by atoms with Crippen LogP contribution >= 0.6 is 0 Å². The summed E-state index contributed by atoms with van der Waals surface area (Å²) < 4.78 is 10.5. The number of hydrogen-bond acceptors (Lipinski definition) is 5. The van der Waals surface area contributed by atoms with Crippen molar-refractivity contribution >= 4 is 29.1 Å². The van der Waals surface area contributed by atoms with Gasteiger partial charge in [-0.05, 0) is 37.1 Å². The summed E-state index contributed by atoms with van der Waals surface area (Å²) in [4.78, 5) is 40.3. The molecule has 2 aromatic carbocycles. The van der Waals surface area contributed by atoms with Crippen LogP contribution in [0.4, 0.5) is 11.4 Å². The van der Waals surface area contributed by atoms with E-state index in [4.69, 9.17) is 9.47 Å². The van der Waals surface area contributed by atoms with Gasteiger partial charge in [0.25, 0.3) is 5.91 Å². The molecule has 1 saturated heterocycles. The van der Waals surface area contributed by atoms with Gasteiger partial charge < -0.3 is 14.8 Å². The van der Waals surface area contributed by atoms with Crippen molar-refractivity contribution in [3.8, 4) is 11.5 Å². The molecule has 0 radical (unpaired) electrons. The molecule has 1 heterocycles. The van der Waals surface area contributed by atoms with Gasteiger partial charge in [-0.3, -0.25) is 14.4 Å². The van der Waals surface area contributed by atoms with Crippen LogP contribution in [0.5, 0.6) is 11.5 Å². The van der Waals surface area contributed by atoms with Crippen molar-refractivity contribution in [3.05, 3.63) is 48.0 Å². The van der Waals surface area contributed by atoms with E-state index in [0.29, 0.717) is 22.9 Å². The molecule has 0 bridgehead atoms. The normalized spacial score (nSPS) is 20.7. The highest BCUT2D eigenvalue weighted by molar-refractivity contribution is 6.24. The van der Waals surface area contributed by atoms with Crippen LogP contribution in [-0.2, 0) is 9.59 Å². The Labute approximate surface area is 175 Å². The van der Waals surface area contributed by atoms with Crippen molar-refractivity contribution in [1.29, 1.82) is 0 Å². The van der Waals surface area contributed by atoms with E-state index in [0.717, 1.165) is 25.7 Å².